The molecule has 0 aliphatic carbocycles. The highest BCUT2D eigenvalue weighted by Crippen LogP contribution is 2.44. The normalized spacial score (nSPS) is 10.2. The molecule has 1 aromatic rings. The molecule has 16 heavy (non-hydrogen) atoms. The van der Waals surface area contributed by atoms with E-state index in [1.807, 2.05) is 0 Å². The van der Waals surface area contributed by atoms with Crippen molar-refractivity contribution in [3.8, 4) is 0 Å². The largest absolute Gasteiger partial charge is 0.366 e. The van der Waals surface area contributed by atoms with E-state index in [0.29, 0.717) is 5.56 Å². The number of hydrogen-bond acceptors (Lipinski definition) is 4. The molecule has 0 unspecified atom stereocenters. The van der Waals surface area contributed by atoms with E-state index in [1.165, 1.54) is 13.8 Å². The fraction of sp³-hybridized carbons (Fsp3) is 0.250. The monoisotopic (exact) mass is 264 g/mol. The van der Waals surface area contributed by atoms with E-state index in [-0.39, 0.29) is 10.6 Å². The molecule has 0 aromatic heterocycles. The molecule has 0 aliphatic rings. The van der Waals surface area contributed by atoms with E-state index < -0.39 is 26.2 Å². The van der Waals surface area contributed by atoms with Crippen molar-refractivity contribution in [1.82, 2.24) is 0 Å². The Morgan fingerprint density at radius 1 is 0.875 bits per heavy atom. The summed E-state index contributed by atoms with van der Waals surface area (Å²) in [7, 11) is 0. The fourth-order valence-corrected chi connectivity index (χ4v) is 1.81. The lowest BCUT2D eigenvalue weighted by molar-refractivity contribution is -0.422. The van der Waals surface area contributed by atoms with Crippen LogP contribution in [0.3, 0.4) is 0 Å². The Kier molecular flexibility index (Phi) is 3.35. The maximum Gasteiger partial charge on any atom is 0.366 e. The predicted molar refractivity (Wildman–Crippen MR) is 59.2 cm³/mol. The van der Waals surface area contributed by atoms with Crippen LogP contribution < -0.4 is 0 Å². The van der Waals surface area contributed by atoms with Gasteiger partial charge < -0.3 is 0 Å². The number of nitro benzene ring substituents is 2. The zero-order chi connectivity index (χ0) is 12.6. The summed E-state index contributed by atoms with van der Waals surface area (Å²) in [6.45, 7) is 2.91. The molecule has 0 radical (unpaired) electrons. The molecular formula is C8H6Cl2N2O4. The first kappa shape index (κ1) is 12.7. The first-order valence-corrected chi connectivity index (χ1v) is 4.81. The third-order valence-electron chi connectivity index (χ3n) is 2.24. The summed E-state index contributed by atoms with van der Waals surface area (Å²) in [5.41, 5.74) is -0.869. The van der Waals surface area contributed by atoms with E-state index in [1.54, 1.807) is 0 Å². The maximum atomic E-state index is 10.8. The Bertz CT molecular complexity index is 457. The second kappa shape index (κ2) is 4.23. The van der Waals surface area contributed by atoms with Gasteiger partial charge in [-0.2, -0.15) is 0 Å². The van der Waals surface area contributed by atoms with Gasteiger partial charge in [0.05, 0.1) is 14.9 Å². The van der Waals surface area contributed by atoms with Gasteiger partial charge in [-0.3, -0.25) is 20.2 Å². The summed E-state index contributed by atoms with van der Waals surface area (Å²) in [5.74, 6) is 0. The molecule has 0 saturated carbocycles. The van der Waals surface area contributed by atoms with E-state index in [9.17, 15) is 20.2 Å². The second-order valence-electron chi connectivity index (χ2n) is 3.09. The predicted octanol–water partition coefficient (Wildman–Crippen LogP) is 3.43. The van der Waals surface area contributed by atoms with Crippen LogP contribution in [0.15, 0.2) is 0 Å². The standard InChI is InChI=1S/C8H6Cl2N2O4/c1-3-4(2)7(11(13)14)8(12(15)16)6(10)5(3)9/h1-2H3. The third-order valence-corrected chi connectivity index (χ3v) is 3.17. The molecule has 1 rings (SSSR count). The number of rotatable bonds is 2. The summed E-state index contributed by atoms with van der Waals surface area (Å²) < 4.78 is 0. The third kappa shape index (κ3) is 1.81. The minimum Gasteiger partial charge on any atom is -0.258 e. The van der Waals surface area contributed by atoms with Crippen molar-refractivity contribution < 1.29 is 9.85 Å². The first-order valence-electron chi connectivity index (χ1n) is 4.06. The van der Waals surface area contributed by atoms with E-state index >= 15 is 0 Å². The number of nitro groups is 2. The van der Waals surface area contributed by atoms with Crippen LogP contribution in [0.5, 0.6) is 0 Å². The van der Waals surface area contributed by atoms with Gasteiger partial charge in [0.2, 0.25) is 0 Å². The molecule has 0 bridgehead atoms. The Morgan fingerprint density at radius 2 is 1.31 bits per heavy atom. The molecule has 0 fully saturated rings. The molecule has 0 spiro atoms. The minimum absolute atomic E-state index is 0.0310. The summed E-state index contributed by atoms with van der Waals surface area (Å²) >= 11 is 11.4. The van der Waals surface area contributed by atoms with Gasteiger partial charge in [-0.1, -0.05) is 23.2 Å². The molecule has 0 N–H and O–H groups in total. The van der Waals surface area contributed by atoms with Crippen LogP contribution in [0.25, 0.3) is 0 Å². The van der Waals surface area contributed by atoms with E-state index in [2.05, 4.69) is 0 Å². The van der Waals surface area contributed by atoms with Gasteiger partial charge in [0.25, 0.3) is 0 Å². The number of hydrogen-bond donors (Lipinski definition) is 0. The fourth-order valence-electron chi connectivity index (χ4n) is 1.28. The van der Waals surface area contributed by atoms with Crippen molar-refractivity contribution in [2.24, 2.45) is 0 Å². The average Bonchev–Trinajstić information content (AvgIpc) is 2.18. The summed E-state index contributed by atoms with van der Waals surface area (Å²) in [5, 5.41) is 21.1. The quantitative estimate of drug-likeness (QED) is 0.605. The summed E-state index contributed by atoms with van der Waals surface area (Å²) in [6, 6.07) is 0. The molecule has 0 heterocycles. The first-order chi connectivity index (χ1) is 7.29. The molecule has 6 nitrogen and oxygen atoms in total. The average molecular weight is 265 g/mol. The molecule has 8 heteroatoms. The van der Waals surface area contributed by atoms with Gasteiger partial charge in [0.1, 0.15) is 5.02 Å². The lowest BCUT2D eigenvalue weighted by Crippen LogP contribution is -2.02. The van der Waals surface area contributed by atoms with Crippen molar-refractivity contribution in [1.29, 1.82) is 0 Å². The van der Waals surface area contributed by atoms with Crippen LogP contribution in [0.4, 0.5) is 11.4 Å². The van der Waals surface area contributed by atoms with E-state index in [4.69, 9.17) is 23.2 Å². The Hall–Kier alpha value is -1.40. The van der Waals surface area contributed by atoms with Gasteiger partial charge in [-0.05, 0) is 19.4 Å². The highest BCUT2D eigenvalue weighted by Gasteiger charge is 2.34. The minimum atomic E-state index is -0.904. The molecule has 0 saturated heterocycles. The highest BCUT2D eigenvalue weighted by atomic mass is 35.5. The zero-order valence-corrected chi connectivity index (χ0v) is 9.80. The van der Waals surface area contributed by atoms with Crippen molar-refractivity contribution in [3.05, 3.63) is 41.4 Å². The molecule has 0 aliphatic heterocycles. The highest BCUT2D eigenvalue weighted by molar-refractivity contribution is 6.44. The summed E-state index contributed by atoms with van der Waals surface area (Å²) in [6.07, 6.45) is 0. The van der Waals surface area contributed by atoms with Crippen molar-refractivity contribution in [2.45, 2.75) is 13.8 Å². The lowest BCUT2D eigenvalue weighted by Gasteiger charge is -2.06. The molecular weight excluding hydrogens is 259 g/mol. The van der Waals surface area contributed by atoms with Crippen molar-refractivity contribution >= 4 is 34.6 Å². The number of nitrogens with zero attached hydrogens (tertiary/aromatic N) is 2. The molecule has 1 aromatic carbocycles. The van der Waals surface area contributed by atoms with Gasteiger partial charge in [0, 0.05) is 5.56 Å². The van der Waals surface area contributed by atoms with Gasteiger partial charge in [-0.25, -0.2) is 0 Å². The molecule has 86 valence electrons. The SMILES string of the molecule is Cc1c(C)c([N+](=O)[O-])c([N+](=O)[O-])c(Cl)c1Cl. The van der Waals surface area contributed by atoms with E-state index in [0.717, 1.165) is 0 Å². The smallest absolute Gasteiger partial charge is 0.258 e. The molecule has 0 amide bonds. The van der Waals surface area contributed by atoms with Crippen LogP contribution in [0, 0.1) is 34.1 Å². The second-order valence-corrected chi connectivity index (χ2v) is 3.85. The Labute approximate surface area is 100 Å². The van der Waals surface area contributed by atoms with Crippen LogP contribution in [-0.4, -0.2) is 9.85 Å². The van der Waals surface area contributed by atoms with Gasteiger partial charge in [-0.15, -0.1) is 0 Å². The van der Waals surface area contributed by atoms with Crippen LogP contribution in [0.2, 0.25) is 10.0 Å². The number of benzene rings is 1. The van der Waals surface area contributed by atoms with Gasteiger partial charge in [0.15, 0.2) is 0 Å². The molecule has 0 atom stereocenters. The number of halogens is 2. The zero-order valence-electron chi connectivity index (χ0n) is 8.28. The topological polar surface area (TPSA) is 86.3 Å². The van der Waals surface area contributed by atoms with Crippen molar-refractivity contribution in [2.75, 3.05) is 0 Å². The summed E-state index contributed by atoms with van der Waals surface area (Å²) in [4.78, 5) is 19.7. The maximum absolute atomic E-state index is 10.8. The van der Waals surface area contributed by atoms with Crippen LogP contribution in [0.1, 0.15) is 11.1 Å². The van der Waals surface area contributed by atoms with Crippen LogP contribution in [-0.2, 0) is 0 Å². The van der Waals surface area contributed by atoms with Crippen LogP contribution >= 0.6 is 23.2 Å². The van der Waals surface area contributed by atoms with Gasteiger partial charge >= 0.3 is 11.4 Å². The Morgan fingerprint density at radius 3 is 1.69 bits per heavy atom. The van der Waals surface area contributed by atoms with Crippen molar-refractivity contribution in [3.63, 3.8) is 0 Å². The Balaban J connectivity index is 3.83. The lowest BCUT2D eigenvalue weighted by atomic mass is 10.1.